The minimum atomic E-state index is -0.595. The van der Waals surface area contributed by atoms with E-state index in [1.807, 2.05) is 0 Å². The minimum absolute atomic E-state index is 0.310. The zero-order valence-corrected chi connectivity index (χ0v) is 12.2. The number of nitrogens with one attached hydrogen (secondary N) is 2. The number of likely N-dealkylation sites (tertiary alicyclic amines) is 1. The summed E-state index contributed by atoms with van der Waals surface area (Å²) in [5.74, 6) is -0.707. The molecule has 1 fully saturated rings. The second kappa shape index (κ2) is 9.50. The van der Waals surface area contributed by atoms with Gasteiger partial charge < -0.3 is 20.3 Å². The first-order valence-corrected chi connectivity index (χ1v) is 7.05. The average Bonchev–Trinajstić information content (AvgIpc) is 2.49. The summed E-state index contributed by atoms with van der Waals surface area (Å²) in [5, 5.41) is 5.15. The smallest absolute Gasteiger partial charge is 0.309 e. The van der Waals surface area contributed by atoms with Crippen LogP contribution < -0.4 is 10.6 Å². The summed E-state index contributed by atoms with van der Waals surface area (Å²) in [7, 11) is 1.71. The maximum Gasteiger partial charge on any atom is 0.309 e. The fourth-order valence-corrected chi connectivity index (χ4v) is 2.20. The van der Waals surface area contributed by atoms with Crippen molar-refractivity contribution in [2.24, 2.45) is 5.92 Å². The molecule has 1 rings (SSSR count). The number of hydrogen-bond acceptors (Lipinski definition) is 4. The lowest BCUT2D eigenvalue weighted by Gasteiger charge is -2.31. The Balaban J connectivity index is 2.16. The van der Waals surface area contributed by atoms with Crippen molar-refractivity contribution in [2.45, 2.75) is 12.8 Å². The Morgan fingerprint density at radius 3 is 2.55 bits per heavy atom. The molecule has 2 amide bonds. The second-order valence-electron chi connectivity index (χ2n) is 4.99. The van der Waals surface area contributed by atoms with Crippen molar-refractivity contribution >= 4 is 11.8 Å². The van der Waals surface area contributed by atoms with Crippen LogP contribution in [0.4, 0.5) is 0 Å². The van der Waals surface area contributed by atoms with Crippen LogP contribution >= 0.6 is 0 Å². The standard InChI is InChI=1S/C14H25N3O3/c1-3-6-15-13(18)14(19)16-11-12-4-7-17(8-5-12)9-10-20-2/h3,12H,1,4-11H2,2H3,(H,15,18)(H,16,19). The fraction of sp³-hybridized carbons (Fsp3) is 0.714. The molecular formula is C14H25N3O3. The molecule has 0 unspecified atom stereocenters. The molecule has 1 saturated heterocycles. The Morgan fingerprint density at radius 2 is 1.95 bits per heavy atom. The number of carbonyl (C=O) groups is 2. The van der Waals surface area contributed by atoms with Crippen LogP contribution in [-0.4, -0.2) is 63.2 Å². The number of methoxy groups -OCH3 is 1. The van der Waals surface area contributed by atoms with Crippen LogP contribution in [0, 0.1) is 5.92 Å². The van der Waals surface area contributed by atoms with E-state index in [2.05, 4.69) is 22.1 Å². The summed E-state index contributed by atoms with van der Waals surface area (Å²) in [4.78, 5) is 25.2. The van der Waals surface area contributed by atoms with Gasteiger partial charge in [-0.15, -0.1) is 6.58 Å². The second-order valence-corrected chi connectivity index (χ2v) is 4.99. The van der Waals surface area contributed by atoms with Gasteiger partial charge in [0, 0.05) is 26.7 Å². The Hall–Kier alpha value is -1.40. The van der Waals surface area contributed by atoms with Crippen molar-refractivity contribution in [3.8, 4) is 0 Å². The molecule has 20 heavy (non-hydrogen) atoms. The molecule has 0 aromatic heterocycles. The van der Waals surface area contributed by atoms with Gasteiger partial charge in [-0.1, -0.05) is 6.08 Å². The zero-order valence-electron chi connectivity index (χ0n) is 12.2. The molecule has 0 radical (unpaired) electrons. The van der Waals surface area contributed by atoms with Gasteiger partial charge >= 0.3 is 11.8 Å². The van der Waals surface area contributed by atoms with Gasteiger partial charge in [0.25, 0.3) is 0 Å². The van der Waals surface area contributed by atoms with E-state index in [-0.39, 0.29) is 0 Å². The predicted molar refractivity (Wildman–Crippen MR) is 77.3 cm³/mol. The highest BCUT2D eigenvalue weighted by Gasteiger charge is 2.20. The number of hydrogen-bond donors (Lipinski definition) is 2. The third-order valence-corrected chi connectivity index (χ3v) is 3.48. The lowest BCUT2D eigenvalue weighted by atomic mass is 9.97. The van der Waals surface area contributed by atoms with E-state index in [1.165, 1.54) is 0 Å². The van der Waals surface area contributed by atoms with Gasteiger partial charge in [0.1, 0.15) is 0 Å². The Bertz CT molecular complexity index is 326. The van der Waals surface area contributed by atoms with Gasteiger partial charge in [-0.25, -0.2) is 0 Å². The highest BCUT2D eigenvalue weighted by molar-refractivity contribution is 6.35. The van der Waals surface area contributed by atoms with Crippen molar-refractivity contribution < 1.29 is 14.3 Å². The van der Waals surface area contributed by atoms with Gasteiger partial charge in [-0.05, 0) is 31.8 Å². The van der Waals surface area contributed by atoms with Gasteiger partial charge in [0.15, 0.2) is 0 Å². The summed E-state index contributed by atoms with van der Waals surface area (Å²) >= 11 is 0. The highest BCUT2D eigenvalue weighted by atomic mass is 16.5. The first-order chi connectivity index (χ1) is 9.67. The molecule has 0 aromatic rings. The first-order valence-electron chi connectivity index (χ1n) is 7.05. The fourth-order valence-electron chi connectivity index (χ4n) is 2.20. The summed E-state index contributed by atoms with van der Waals surface area (Å²) in [6.07, 6.45) is 3.62. The molecule has 0 atom stereocenters. The summed E-state index contributed by atoms with van der Waals surface area (Å²) < 4.78 is 5.06. The van der Waals surface area contributed by atoms with Gasteiger partial charge in [-0.3, -0.25) is 9.59 Å². The van der Waals surface area contributed by atoms with Gasteiger partial charge in [0.05, 0.1) is 6.61 Å². The van der Waals surface area contributed by atoms with Gasteiger partial charge in [-0.2, -0.15) is 0 Å². The quantitative estimate of drug-likeness (QED) is 0.500. The number of rotatable bonds is 7. The topological polar surface area (TPSA) is 70.7 Å². The van der Waals surface area contributed by atoms with E-state index >= 15 is 0 Å². The summed E-state index contributed by atoms with van der Waals surface area (Å²) in [5.41, 5.74) is 0. The molecule has 0 bridgehead atoms. The van der Waals surface area contributed by atoms with Crippen LogP contribution in [0.25, 0.3) is 0 Å². The molecule has 6 heteroatoms. The number of ether oxygens (including phenoxy) is 1. The number of amides is 2. The SMILES string of the molecule is C=CCNC(=O)C(=O)NCC1CCN(CCOC)CC1. The van der Waals surface area contributed by atoms with Gasteiger partial charge in [0.2, 0.25) is 0 Å². The van der Waals surface area contributed by atoms with E-state index in [0.29, 0.717) is 19.0 Å². The molecule has 1 aliphatic heterocycles. The van der Waals surface area contributed by atoms with Crippen LogP contribution in [0.3, 0.4) is 0 Å². The molecule has 0 aliphatic carbocycles. The van der Waals surface area contributed by atoms with Crippen LogP contribution in [0.2, 0.25) is 0 Å². The van der Waals surface area contributed by atoms with Crippen LogP contribution in [0.1, 0.15) is 12.8 Å². The van der Waals surface area contributed by atoms with Crippen molar-refractivity contribution in [3.63, 3.8) is 0 Å². The molecule has 2 N–H and O–H groups in total. The van der Waals surface area contributed by atoms with E-state index in [4.69, 9.17) is 4.74 Å². The maximum atomic E-state index is 11.5. The van der Waals surface area contributed by atoms with Crippen molar-refractivity contribution in [1.82, 2.24) is 15.5 Å². The molecule has 0 spiro atoms. The molecule has 1 heterocycles. The van der Waals surface area contributed by atoms with Crippen molar-refractivity contribution in [3.05, 3.63) is 12.7 Å². The zero-order chi connectivity index (χ0) is 14.8. The summed E-state index contributed by atoms with van der Waals surface area (Å²) in [6.45, 7) is 8.11. The number of nitrogens with zero attached hydrogens (tertiary/aromatic N) is 1. The van der Waals surface area contributed by atoms with Crippen LogP contribution in [0.5, 0.6) is 0 Å². The number of piperidine rings is 1. The van der Waals surface area contributed by atoms with Crippen molar-refractivity contribution in [2.75, 3.05) is 46.4 Å². The number of carbonyl (C=O) groups excluding carboxylic acids is 2. The third-order valence-electron chi connectivity index (χ3n) is 3.48. The highest BCUT2D eigenvalue weighted by Crippen LogP contribution is 2.15. The Kier molecular flexibility index (Phi) is 7.91. The van der Waals surface area contributed by atoms with Crippen LogP contribution in [-0.2, 0) is 14.3 Å². The minimum Gasteiger partial charge on any atom is -0.383 e. The molecule has 114 valence electrons. The lowest BCUT2D eigenvalue weighted by molar-refractivity contribution is -0.139. The van der Waals surface area contributed by atoms with Crippen LogP contribution in [0.15, 0.2) is 12.7 Å². The molecular weight excluding hydrogens is 258 g/mol. The first kappa shape index (κ1) is 16.7. The third kappa shape index (κ3) is 6.16. The normalized spacial score (nSPS) is 16.6. The Morgan fingerprint density at radius 1 is 1.30 bits per heavy atom. The largest absolute Gasteiger partial charge is 0.383 e. The monoisotopic (exact) mass is 283 g/mol. The van der Waals surface area contributed by atoms with E-state index in [9.17, 15) is 9.59 Å². The molecule has 0 aromatic carbocycles. The lowest BCUT2D eigenvalue weighted by Crippen LogP contribution is -2.44. The molecule has 6 nitrogen and oxygen atoms in total. The Labute approximate surface area is 120 Å². The molecule has 0 saturated carbocycles. The van der Waals surface area contributed by atoms with E-state index in [0.717, 1.165) is 39.1 Å². The van der Waals surface area contributed by atoms with Crippen molar-refractivity contribution in [1.29, 1.82) is 0 Å². The predicted octanol–water partition coefficient (Wildman–Crippen LogP) is -0.237. The summed E-state index contributed by atoms with van der Waals surface area (Å²) in [6, 6.07) is 0. The average molecular weight is 283 g/mol. The van der Waals surface area contributed by atoms with E-state index in [1.54, 1.807) is 13.2 Å². The molecule has 1 aliphatic rings. The van der Waals surface area contributed by atoms with E-state index < -0.39 is 11.8 Å². The maximum absolute atomic E-state index is 11.5.